The maximum atomic E-state index is 13.2. The van der Waals surface area contributed by atoms with Crippen LogP contribution in [0.4, 0.5) is 5.95 Å². The van der Waals surface area contributed by atoms with Crippen LogP contribution in [0.25, 0.3) is 11.0 Å². The van der Waals surface area contributed by atoms with E-state index >= 15 is 0 Å². The highest BCUT2D eigenvalue weighted by molar-refractivity contribution is 8.00. The van der Waals surface area contributed by atoms with E-state index in [0.717, 1.165) is 48.0 Å². The maximum Gasteiger partial charge on any atom is 0.254 e. The Morgan fingerprint density at radius 2 is 1.80 bits per heavy atom. The Hall–Kier alpha value is -2.61. The number of anilines is 1. The van der Waals surface area contributed by atoms with E-state index < -0.39 is 10.2 Å². The van der Waals surface area contributed by atoms with Crippen molar-refractivity contribution in [2.75, 3.05) is 5.32 Å². The van der Waals surface area contributed by atoms with Gasteiger partial charge in [0, 0.05) is 10.3 Å². The molecule has 30 heavy (non-hydrogen) atoms. The number of aromatic nitrogens is 4. The van der Waals surface area contributed by atoms with Crippen LogP contribution in [-0.4, -0.2) is 30.6 Å². The third kappa shape index (κ3) is 3.76. The van der Waals surface area contributed by atoms with Gasteiger partial charge in [0.25, 0.3) is 5.56 Å². The van der Waals surface area contributed by atoms with Crippen LogP contribution in [0.5, 0.6) is 0 Å². The quantitative estimate of drug-likeness (QED) is 0.422. The van der Waals surface area contributed by atoms with Crippen molar-refractivity contribution in [2.24, 2.45) is 5.41 Å². The lowest BCUT2D eigenvalue weighted by molar-refractivity contribution is -0.125. The fourth-order valence-electron chi connectivity index (χ4n) is 3.55. The first-order valence-electron chi connectivity index (χ1n) is 10.2. The van der Waals surface area contributed by atoms with Crippen LogP contribution in [0, 0.1) is 5.41 Å². The molecule has 3 N–H and O–H groups in total. The smallest absolute Gasteiger partial charge is 0.254 e. The number of aromatic amines is 2. The molecular formula is C22H27N5O2S. The summed E-state index contributed by atoms with van der Waals surface area (Å²) in [5.74, 6) is 0.273. The van der Waals surface area contributed by atoms with Gasteiger partial charge in [-0.2, -0.15) is 0 Å². The number of aryl methyl sites for hydroxylation is 1. The molecule has 7 nitrogen and oxygen atoms in total. The lowest BCUT2D eigenvalue weighted by Crippen LogP contribution is -2.46. The third-order valence-corrected chi connectivity index (χ3v) is 7.62. The fraction of sp³-hybridized carbons (Fsp3) is 0.455. The van der Waals surface area contributed by atoms with Gasteiger partial charge < -0.3 is 9.97 Å². The average Bonchev–Trinajstić information content (AvgIpc) is 3.09. The van der Waals surface area contributed by atoms with Crippen LogP contribution in [0.1, 0.15) is 51.8 Å². The molecule has 1 amide bonds. The Bertz CT molecular complexity index is 1130. The molecule has 0 spiro atoms. The predicted molar refractivity (Wildman–Crippen MR) is 120 cm³/mol. The molecule has 0 saturated carbocycles. The number of rotatable bonds is 5. The molecule has 4 rings (SSSR count). The maximum absolute atomic E-state index is 13.2. The summed E-state index contributed by atoms with van der Waals surface area (Å²) in [5.41, 5.74) is 2.55. The number of carbonyl (C=O) groups is 1. The summed E-state index contributed by atoms with van der Waals surface area (Å²) < 4.78 is -0.540. The van der Waals surface area contributed by atoms with Gasteiger partial charge in [0.05, 0.1) is 22.1 Å². The zero-order valence-corrected chi connectivity index (χ0v) is 18.6. The lowest BCUT2D eigenvalue weighted by atomic mass is 9.79. The standard InChI is InChI=1S/C22H27N5O2S/c1-21(2,18(29)27-19-23-15-11-7-8-12-16(15)24-19)22(3,4)30-20-25-14-10-6-5-9-13(14)17(28)26-20/h7-8,11-12H,5-6,9-10H2,1-4H3,(H,25,26,28)(H2,23,24,27,29). The number of benzene rings is 1. The van der Waals surface area contributed by atoms with Crippen LogP contribution in [-0.2, 0) is 17.6 Å². The van der Waals surface area contributed by atoms with Crippen LogP contribution < -0.4 is 10.9 Å². The van der Waals surface area contributed by atoms with E-state index in [9.17, 15) is 9.59 Å². The molecule has 2 aromatic heterocycles. The van der Waals surface area contributed by atoms with Gasteiger partial charge in [-0.25, -0.2) is 9.97 Å². The van der Waals surface area contributed by atoms with Gasteiger partial charge in [-0.1, -0.05) is 23.9 Å². The van der Waals surface area contributed by atoms with Crippen LogP contribution >= 0.6 is 11.8 Å². The number of H-pyrrole nitrogens is 2. The summed E-state index contributed by atoms with van der Waals surface area (Å²) >= 11 is 1.43. The zero-order valence-electron chi connectivity index (χ0n) is 17.8. The highest BCUT2D eigenvalue weighted by atomic mass is 32.2. The minimum atomic E-state index is -0.773. The van der Waals surface area contributed by atoms with Crippen molar-refractivity contribution in [3.8, 4) is 0 Å². The number of amides is 1. The van der Waals surface area contributed by atoms with Crippen molar-refractivity contribution in [1.82, 2.24) is 19.9 Å². The monoisotopic (exact) mass is 425 g/mol. The van der Waals surface area contributed by atoms with Gasteiger partial charge >= 0.3 is 0 Å². The Labute approximate surface area is 179 Å². The highest BCUT2D eigenvalue weighted by Gasteiger charge is 2.45. The van der Waals surface area contributed by atoms with Gasteiger partial charge in [0.15, 0.2) is 5.16 Å². The lowest BCUT2D eigenvalue weighted by Gasteiger charge is -2.39. The molecule has 0 unspecified atom stereocenters. The molecule has 0 bridgehead atoms. The first-order valence-corrected chi connectivity index (χ1v) is 11.1. The van der Waals surface area contributed by atoms with Crippen LogP contribution in [0.15, 0.2) is 34.2 Å². The number of fused-ring (bicyclic) bond motifs is 2. The predicted octanol–water partition coefficient (Wildman–Crippen LogP) is 4.06. The van der Waals surface area contributed by atoms with Gasteiger partial charge in [0.1, 0.15) is 0 Å². The normalized spacial score (nSPS) is 14.5. The van der Waals surface area contributed by atoms with Gasteiger partial charge in [-0.05, 0) is 65.5 Å². The van der Waals surface area contributed by atoms with Crippen LogP contribution in [0.3, 0.4) is 0 Å². The van der Waals surface area contributed by atoms with Gasteiger partial charge in [-0.15, -0.1) is 0 Å². The number of nitrogens with one attached hydrogen (secondary N) is 3. The van der Waals surface area contributed by atoms with E-state index in [1.165, 1.54) is 11.8 Å². The number of hydrogen-bond donors (Lipinski definition) is 3. The second kappa shape index (κ2) is 7.58. The molecule has 1 aliphatic carbocycles. The van der Waals surface area contributed by atoms with Crippen molar-refractivity contribution in [3.63, 3.8) is 0 Å². The summed E-state index contributed by atoms with van der Waals surface area (Å²) in [6.07, 6.45) is 3.72. The Balaban J connectivity index is 1.55. The highest BCUT2D eigenvalue weighted by Crippen LogP contribution is 2.45. The molecule has 1 aliphatic rings. The summed E-state index contributed by atoms with van der Waals surface area (Å²) in [4.78, 5) is 40.8. The number of para-hydroxylation sites is 2. The topological polar surface area (TPSA) is 104 Å². The van der Waals surface area contributed by atoms with E-state index in [1.807, 2.05) is 52.0 Å². The van der Waals surface area contributed by atoms with E-state index in [0.29, 0.717) is 11.1 Å². The van der Waals surface area contributed by atoms with E-state index in [4.69, 9.17) is 4.98 Å². The molecule has 0 radical (unpaired) electrons. The molecule has 0 fully saturated rings. The van der Waals surface area contributed by atoms with Gasteiger partial charge in [-0.3, -0.25) is 14.9 Å². The number of thioether (sulfide) groups is 1. The molecule has 2 heterocycles. The second-order valence-electron chi connectivity index (χ2n) is 8.80. The molecule has 0 atom stereocenters. The number of nitrogens with zero attached hydrogens (tertiary/aromatic N) is 2. The number of hydrogen-bond acceptors (Lipinski definition) is 5. The zero-order chi connectivity index (χ0) is 21.5. The average molecular weight is 426 g/mol. The Morgan fingerprint density at radius 3 is 2.57 bits per heavy atom. The second-order valence-corrected chi connectivity index (χ2v) is 10.4. The van der Waals surface area contributed by atoms with Crippen molar-refractivity contribution >= 4 is 34.7 Å². The molecule has 0 aliphatic heterocycles. The van der Waals surface area contributed by atoms with E-state index in [-0.39, 0.29) is 11.5 Å². The minimum absolute atomic E-state index is 0.0532. The summed E-state index contributed by atoms with van der Waals surface area (Å²) in [7, 11) is 0. The van der Waals surface area contributed by atoms with Gasteiger partial charge in [0.2, 0.25) is 11.9 Å². The van der Waals surface area contributed by atoms with E-state index in [1.54, 1.807) is 0 Å². The Kier molecular flexibility index (Phi) is 5.22. The van der Waals surface area contributed by atoms with Crippen molar-refractivity contribution in [2.45, 2.75) is 63.3 Å². The molecule has 1 aromatic carbocycles. The van der Waals surface area contributed by atoms with Crippen molar-refractivity contribution in [1.29, 1.82) is 0 Å². The number of imidazole rings is 1. The molecule has 3 aromatic rings. The first kappa shape index (κ1) is 20.7. The summed E-state index contributed by atoms with van der Waals surface area (Å²) in [5, 5.41) is 3.48. The fourth-order valence-corrected chi connectivity index (χ4v) is 4.68. The molecular weight excluding hydrogens is 398 g/mol. The summed E-state index contributed by atoms with van der Waals surface area (Å²) in [6, 6.07) is 7.64. The van der Waals surface area contributed by atoms with E-state index in [2.05, 4.69) is 20.3 Å². The Morgan fingerprint density at radius 1 is 1.07 bits per heavy atom. The third-order valence-electron chi connectivity index (χ3n) is 6.22. The van der Waals surface area contributed by atoms with Crippen molar-refractivity contribution < 1.29 is 4.79 Å². The van der Waals surface area contributed by atoms with Crippen molar-refractivity contribution in [3.05, 3.63) is 45.9 Å². The molecule has 158 valence electrons. The largest absolute Gasteiger partial charge is 0.324 e. The molecule has 8 heteroatoms. The molecule has 0 saturated heterocycles. The SMILES string of the molecule is CC(C)(Sc1nc2c(c(=O)[nH]1)CCCC2)C(C)(C)C(=O)Nc1nc2ccccc2[nH]1. The minimum Gasteiger partial charge on any atom is -0.324 e. The summed E-state index contributed by atoms with van der Waals surface area (Å²) in [6.45, 7) is 7.79. The number of carbonyl (C=O) groups excluding carboxylic acids is 1. The van der Waals surface area contributed by atoms with Crippen LogP contribution in [0.2, 0.25) is 0 Å². The first-order chi connectivity index (χ1) is 14.2.